The lowest BCUT2D eigenvalue weighted by Crippen LogP contribution is -2.29. The van der Waals surface area contributed by atoms with Crippen molar-refractivity contribution in [3.8, 4) is 0 Å². The Hall–Kier alpha value is -1.57. The van der Waals surface area contributed by atoms with Crippen LogP contribution in [0.15, 0.2) is 30.3 Å². The van der Waals surface area contributed by atoms with E-state index in [1.54, 1.807) is 0 Å². The van der Waals surface area contributed by atoms with E-state index in [0.29, 0.717) is 16.9 Å². The second kappa shape index (κ2) is 4.21. The Bertz CT molecular complexity index is 580. The first kappa shape index (κ1) is 13.4. The van der Waals surface area contributed by atoms with Crippen LogP contribution in [0.25, 0.3) is 5.57 Å². The summed E-state index contributed by atoms with van der Waals surface area (Å²) in [4.78, 5) is 11.5. The van der Waals surface area contributed by atoms with Crippen LogP contribution in [-0.2, 0) is 4.74 Å². The minimum atomic E-state index is -0.273. The quantitative estimate of drug-likeness (QED) is 0.748. The largest absolute Gasteiger partial charge is 0.465 e. The van der Waals surface area contributed by atoms with Gasteiger partial charge >= 0.3 is 5.97 Å². The molecule has 0 aliphatic heterocycles. The third-order valence-electron chi connectivity index (χ3n) is 5.88. The van der Waals surface area contributed by atoms with E-state index in [2.05, 4.69) is 39.0 Å². The number of fused-ring (bicyclic) bond motifs is 2. The molecule has 20 heavy (non-hydrogen) atoms. The van der Waals surface area contributed by atoms with E-state index in [9.17, 15) is 4.79 Å². The van der Waals surface area contributed by atoms with Crippen molar-refractivity contribution < 1.29 is 9.53 Å². The van der Waals surface area contributed by atoms with E-state index in [-0.39, 0.29) is 11.4 Å². The maximum atomic E-state index is 11.5. The zero-order valence-corrected chi connectivity index (χ0v) is 12.7. The van der Waals surface area contributed by atoms with Gasteiger partial charge in [0.25, 0.3) is 0 Å². The lowest BCUT2D eigenvalue weighted by molar-refractivity contribution is 0.0600. The molecule has 2 bridgehead atoms. The molecular formula is C18H22O2. The van der Waals surface area contributed by atoms with Crippen LogP contribution in [0.2, 0.25) is 0 Å². The average molecular weight is 270 g/mol. The normalized spacial score (nSPS) is 30.2. The predicted molar refractivity (Wildman–Crippen MR) is 80.4 cm³/mol. The zero-order valence-electron chi connectivity index (χ0n) is 12.7. The first-order valence-corrected chi connectivity index (χ1v) is 7.31. The van der Waals surface area contributed by atoms with Crippen molar-refractivity contribution in [3.05, 3.63) is 41.5 Å². The summed E-state index contributed by atoms with van der Waals surface area (Å²) in [7, 11) is 1.41. The van der Waals surface area contributed by atoms with Crippen LogP contribution in [0.5, 0.6) is 0 Å². The van der Waals surface area contributed by atoms with Crippen molar-refractivity contribution in [3.63, 3.8) is 0 Å². The smallest absolute Gasteiger partial charge is 0.337 e. The molecule has 0 spiro atoms. The van der Waals surface area contributed by atoms with Gasteiger partial charge in [-0.15, -0.1) is 0 Å². The molecule has 0 heterocycles. The Morgan fingerprint density at radius 1 is 1.20 bits per heavy atom. The number of carbonyl (C=O) groups excluding carboxylic acids is 1. The second-order valence-electron chi connectivity index (χ2n) is 6.85. The Morgan fingerprint density at radius 2 is 1.85 bits per heavy atom. The summed E-state index contributed by atoms with van der Waals surface area (Å²) in [5, 5.41) is 0. The van der Waals surface area contributed by atoms with E-state index >= 15 is 0 Å². The highest BCUT2D eigenvalue weighted by Crippen LogP contribution is 2.67. The topological polar surface area (TPSA) is 26.3 Å². The van der Waals surface area contributed by atoms with Gasteiger partial charge in [-0.25, -0.2) is 4.79 Å². The summed E-state index contributed by atoms with van der Waals surface area (Å²) >= 11 is 0. The summed E-state index contributed by atoms with van der Waals surface area (Å²) < 4.78 is 4.75. The molecule has 0 radical (unpaired) electrons. The molecule has 1 saturated carbocycles. The molecule has 1 aromatic carbocycles. The van der Waals surface area contributed by atoms with Crippen molar-refractivity contribution >= 4 is 11.5 Å². The number of rotatable bonds is 2. The maximum absolute atomic E-state index is 11.5. The van der Waals surface area contributed by atoms with Crippen molar-refractivity contribution in [1.82, 2.24) is 0 Å². The molecule has 0 N–H and O–H groups in total. The Labute approximate surface area is 120 Å². The van der Waals surface area contributed by atoms with Crippen LogP contribution in [-0.4, -0.2) is 13.1 Å². The number of hydrogen-bond acceptors (Lipinski definition) is 2. The molecule has 2 aliphatic carbocycles. The Morgan fingerprint density at radius 3 is 2.30 bits per heavy atom. The van der Waals surface area contributed by atoms with Gasteiger partial charge in [-0.05, 0) is 52.9 Å². The summed E-state index contributed by atoms with van der Waals surface area (Å²) in [6.45, 7) is 7.16. The molecular weight excluding hydrogens is 248 g/mol. The number of benzene rings is 1. The molecule has 106 valence electrons. The van der Waals surface area contributed by atoms with E-state index in [4.69, 9.17) is 4.74 Å². The lowest BCUT2D eigenvalue weighted by Gasteiger charge is -2.37. The van der Waals surface area contributed by atoms with Gasteiger partial charge in [0.1, 0.15) is 0 Å². The van der Waals surface area contributed by atoms with Gasteiger partial charge in [0.15, 0.2) is 0 Å². The fraction of sp³-hybridized carbons (Fsp3) is 0.500. The highest BCUT2D eigenvalue weighted by molar-refractivity contribution is 5.90. The second-order valence-corrected chi connectivity index (χ2v) is 6.85. The van der Waals surface area contributed by atoms with Crippen molar-refractivity contribution in [2.24, 2.45) is 16.7 Å². The summed E-state index contributed by atoms with van der Waals surface area (Å²) in [6.07, 6.45) is 5.01. The molecule has 3 rings (SSSR count). The standard InChI is InChI=1S/C18H22O2/c1-17(2)14-9-10-18(17,3)15(11-14)12-5-7-13(8-6-12)16(19)20-4/h5-8,11,14H,9-10H2,1-4H3/t14-,18-/m1/s1. The predicted octanol–water partition coefficient (Wildman–Crippen LogP) is 4.31. The fourth-order valence-electron chi connectivity index (χ4n) is 4.01. The SMILES string of the molecule is COC(=O)c1ccc(C2=C[C@H]3CC[C@@]2(C)C3(C)C)cc1. The molecule has 1 fully saturated rings. The number of allylic oxidation sites excluding steroid dienone is 2. The van der Waals surface area contributed by atoms with Crippen LogP contribution in [0, 0.1) is 16.7 Å². The van der Waals surface area contributed by atoms with Crippen LogP contribution in [0.4, 0.5) is 0 Å². The Balaban J connectivity index is 1.96. The molecule has 0 saturated heterocycles. The molecule has 2 aliphatic rings. The molecule has 2 nitrogen and oxygen atoms in total. The number of methoxy groups -OCH3 is 1. The van der Waals surface area contributed by atoms with E-state index < -0.39 is 0 Å². The highest BCUT2D eigenvalue weighted by Gasteiger charge is 2.57. The first-order chi connectivity index (χ1) is 9.40. The van der Waals surface area contributed by atoms with Gasteiger partial charge in [-0.3, -0.25) is 0 Å². The molecule has 0 amide bonds. The molecule has 2 atom stereocenters. The van der Waals surface area contributed by atoms with Crippen molar-refractivity contribution in [2.75, 3.05) is 7.11 Å². The fourth-order valence-corrected chi connectivity index (χ4v) is 4.01. The van der Waals surface area contributed by atoms with E-state index in [1.165, 1.54) is 31.1 Å². The number of ether oxygens (including phenoxy) is 1. The molecule has 0 unspecified atom stereocenters. The highest BCUT2D eigenvalue weighted by atomic mass is 16.5. The summed E-state index contributed by atoms with van der Waals surface area (Å²) in [5.74, 6) is 0.410. The van der Waals surface area contributed by atoms with Gasteiger partial charge in [0, 0.05) is 0 Å². The van der Waals surface area contributed by atoms with Crippen LogP contribution < -0.4 is 0 Å². The maximum Gasteiger partial charge on any atom is 0.337 e. The third kappa shape index (κ3) is 1.60. The Kier molecular flexibility index (Phi) is 2.82. The first-order valence-electron chi connectivity index (χ1n) is 7.31. The number of carbonyl (C=O) groups is 1. The van der Waals surface area contributed by atoms with Crippen LogP contribution in [0.1, 0.15) is 49.5 Å². The van der Waals surface area contributed by atoms with Gasteiger partial charge in [-0.2, -0.15) is 0 Å². The van der Waals surface area contributed by atoms with Gasteiger partial charge in [0.2, 0.25) is 0 Å². The summed E-state index contributed by atoms with van der Waals surface area (Å²) in [5.41, 5.74) is 3.91. The van der Waals surface area contributed by atoms with Crippen molar-refractivity contribution in [2.45, 2.75) is 33.6 Å². The van der Waals surface area contributed by atoms with Crippen LogP contribution >= 0.6 is 0 Å². The van der Waals surface area contributed by atoms with Gasteiger partial charge in [0.05, 0.1) is 12.7 Å². The van der Waals surface area contributed by atoms with Crippen molar-refractivity contribution in [1.29, 1.82) is 0 Å². The summed E-state index contributed by atoms with van der Waals surface area (Å²) in [6, 6.07) is 7.84. The molecule has 1 aromatic rings. The van der Waals surface area contributed by atoms with Gasteiger partial charge in [-0.1, -0.05) is 39.0 Å². The lowest BCUT2D eigenvalue weighted by atomic mass is 9.66. The zero-order chi connectivity index (χ0) is 14.5. The van der Waals surface area contributed by atoms with Gasteiger partial charge < -0.3 is 4.74 Å². The molecule has 0 aromatic heterocycles. The monoisotopic (exact) mass is 270 g/mol. The number of hydrogen-bond donors (Lipinski definition) is 0. The minimum absolute atomic E-state index is 0.254. The minimum Gasteiger partial charge on any atom is -0.465 e. The third-order valence-corrected chi connectivity index (χ3v) is 5.88. The number of esters is 1. The van der Waals surface area contributed by atoms with Crippen LogP contribution in [0.3, 0.4) is 0 Å². The molecule has 2 heteroatoms. The van der Waals surface area contributed by atoms with E-state index in [1.807, 2.05) is 12.1 Å². The average Bonchev–Trinajstić information content (AvgIpc) is 2.79. The van der Waals surface area contributed by atoms with E-state index in [0.717, 1.165) is 0 Å².